The highest BCUT2D eigenvalue weighted by Crippen LogP contribution is 2.54. The van der Waals surface area contributed by atoms with Crippen molar-refractivity contribution >= 4 is 35.2 Å². The molecule has 2 heterocycles. The maximum atomic E-state index is 13.3. The molecule has 6 heteroatoms. The van der Waals surface area contributed by atoms with E-state index in [-0.39, 0.29) is 16.6 Å². The zero-order valence-corrected chi connectivity index (χ0v) is 16.2. The van der Waals surface area contributed by atoms with Gasteiger partial charge in [0.25, 0.3) is 0 Å². The topological polar surface area (TPSA) is 46.6 Å². The van der Waals surface area contributed by atoms with Gasteiger partial charge < -0.3 is 9.64 Å². The number of benzene rings is 2. The molecule has 2 fully saturated rings. The van der Waals surface area contributed by atoms with E-state index in [1.807, 2.05) is 47.4 Å². The Labute approximate surface area is 166 Å². The van der Waals surface area contributed by atoms with Gasteiger partial charge in [0.1, 0.15) is 0 Å². The predicted octanol–water partition coefficient (Wildman–Crippen LogP) is 4.26. The Kier molecular flexibility index (Phi) is 3.82. The molecule has 1 aliphatic carbocycles. The number of halogens is 1. The van der Waals surface area contributed by atoms with Gasteiger partial charge in [-0.25, -0.2) is 4.79 Å². The number of rotatable bonds is 3. The molecule has 5 rings (SSSR count). The number of hydrogen-bond donors (Lipinski definition) is 0. The third kappa shape index (κ3) is 2.75. The van der Waals surface area contributed by atoms with Gasteiger partial charge in [-0.15, -0.1) is 11.8 Å². The van der Waals surface area contributed by atoms with Crippen molar-refractivity contribution in [2.45, 2.75) is 34.5 Å². The molecule has 138 valence electrons. The molecule has 2 aromatic carbocycles. The highest BCUT2D eigenvalue weighted by Gasteiger charge is 2.57. The summed E-state index contributed by atoms with van der Waals surface area (Å²) in [6.45, 7) is 1.06. The molecule has 1 saturated heterocycles. The van der Waals surface area contributed by atoms with Crippen LogP contribution in [-0.2, 0) is 15.1 Å². The third-order valence-electron chi connectivity index (χ3n) is 5.67. The van der Waals surface area contributed by atoms with E-state index < -0.39 is 5.60 Å². The van der Waals surface area contributed by atoms with Gasteiger partial charge in [-0.1, -0.05) is 29.8 Å². The Balaban J connectivity index is 1.36. The molecule has 0 N–H and O–H groups in total. The fraction of sp³-hybridized carbons (Fsp3) is 0.333. The molecule has 1 saturated carbocycles. The van der Waals surface area contributed by atoms with E-state index in [1.165, 1.54) is 0 Å². The minimum atomic E-state index is -0.676. The number of thioether (sulfide) groups is 1. The summed E-state index contributed by atoms with van der Waals surface area (Å²) in [5, 5.41) is 0.693. The zero-order chi connectivity index (χ0) is 18.6. The first-order chi connectivity index (χ1) is 13.0. The Hall–Kier alpha value is -1.98. The number of amides is 1. The highest BCUT2D eigenvalue weighted by molar-refractivity contribution is 8.01. The molecule has 1 atom stereocenters. The Morgan fingerprint density at radius 2 is 1.81 bits per heavy atom. The van der Waals surface area contributed by atoms with Crippen molar-refractivity contribution in [1.29, 1.82) is 0 Å². The van der Waals surface area contributed by atoms with E-state index in [2.05, 4.69) is 0 Å². The van der Waals surface area contributed by atoms with E-state index in [9.17, 15) is 9.59 Å². The van der Waals surface area contributed by atoms with Gasteiger partial charge in [-0.3, -0.25) is 4.79 Å². The van der Waals surface area contributed by atoms with Crippen molar-refractivity contribution in [2.24, 2.45) is 0 Å². The van der Waals surface area contributed by atoms with Crippen LogP contribution in [0.1, 0.15) is 35.2 Å². The average molecular weight is 400 g/mol. The molecule has 2 aliphatic heterocycles. The largest absolute Gasteiger partial charge is 0.449 e. The second kappa shape index (κ2) is 6.01. The molecular weight excluding hydrogens is 382 g/mol. The number of likely N-dealkylation sites (tertiary alicyclic amines) is 1. The third-order valence-corrected chi connectivity index (χ3v) is 7.40. The van der Waals surface area contributed by atoms with Gasteiger partial charge in [0.2, 0.25) is 5.91 Å². The van der Waals surface area contributed by atoms with Crippen LogP contribution in [0.5, 0.6) is 0 Å². The summed E-state index contributed by atoms with van der Waals surface area (Å²) in [6.07, 6.45) is 2.40. The summed E-state index contributed by atoms with van der Waals surface area (Å²) in [5.74, 6) is -0.128. The molecule has 1 amide bonds. The maximum Gasteiger partial charge on any atom is 0.339 e. The van der Waals surface area contributed by atoms with Gasteiger partial charge in [-0.2, -0.15) is 0 Å². The van der Waals surface area contributed by atoms with E-state index in [1.54, 1.807) is 17.8 Å². The first kappa shape index (κ1) is 17.1. The maximum absolute atomic E-state index is 13.3. The first-order valence-electron chi connectivity index (χ1n) is 9.08. The number of ether oxygens (including phenoxy) is 1. The van der Waals surface area contributed by atoms with Crippen LogP contribution in [0.3, 0.4) is 0 Å². The van der Waals surface area contributed by atoms with E-state index in [0.717, 1.165) is 23.3 Å². The molecule has 0 bridgehead atoms. The summed E-state index contributed by atoms with van der Waals surface area (Å²) in [6, 6.07) is 15.1. The van der Waals surface area contributed by atoms with Crippen LogP contribution in [0.4, 0.5) is 0 Å². The lowest BCUT2D eigenvalue weighted by Crippen LogP contribution is -2.40. The summed E-state index contributed by atoms with van der Waals surface area (Å²) >= 11 is 7.58. The van der Waals surface area contributed by atoms with Crippen LogP contribution in [-0.4, -0.2) is 34.6 Å². The second-order valence-corrected chi connectivity index (χ2v) is 9.35. The van der Waals surface area contributed by atoms with Gasteiger partial charge in [-0.05, 0) is 43.2 Å². The van der Waals surface area contributed by atoms with Crippen molar-refractivity contribution in [3.8, 4) is 0 Å². The molecule has 4 nitrogen and oxygen atoms in total. The van der Waals surface area contributed by atoms with Gasteiger partial charge in [0.05, 0.1) is 16.9 Å². The van der Waals surface area contributed by atoms with Gasteiger partial charge >= 0.3 is 5.97 Å². The molecular formula is C21H18ClNO3S. The lowest BCUT2D eigenvalue weighted by Gasteiger charge is -2.26. The van der Waals surface area contributed by atoms with Crippen molar-refractivity contribution < 1.29 is 14.3 Å². The molecule has 2 aromatic rings. The standard InChI is InChI=1S/C21H18ClNO3S/c22-14-5-7-15(8-6-14)27-21(9-10-21)19(25)23-12-11-20(13-23)17-4-2-1-3-16(17)18(24)26-20/h1-8H,9-13H2/t20-/m0/s1. The van der Waals surface area contributed by atoms with Crippen molar-refractivity contribution in [3.63, 3.8) is 0 Å². The van der Waals surface area contributed by atoms with Crippen LogP contribution in [0, 0.1) is 0 Å². The molecule has 27 heavy (non-hydrogen) atoms. The van der Waals surface area contributed by atoms with Crippen molar-refractivity contribution in [2.75, 3.05) is 13.1 Å². The number of esters is 1. The lowest BCUT2D eigenvalue weighted by molar-refractivity contribution is -0.131. The summed E-state index contributed by atoms with van der Waals surface area (Å²) in [4.78, 5) is 28.4. The quantitative estimate of drug-likeness (QED) is 0.723. The average Bonchev–Trinajstić information content (AvgIpc) is 3.25. The first-order valence-corrected chi connectivity index (χ1v) is 10.3. The molecule has 3 aliphatic rings. The van der Waals surface area contributed by atoms with Crippen LogP contribution < -0.4 is 0 Å². The Bertz CT molecular complexity index is 941. The number of carbonyl (C=O) groups excluding carboxylic acids is 2. The number of nitrogens with zero attached hydrogens (tertiary/aromatic N) is 1. The Morgan fingerprint density at radius 3 is 2.56 bits per heavy atom. The van der Waals surface area contributed by atoms with Crippen LogP contribution in [0.15, 0.2) is 53.4 Å². The number of carbonyl (C=O) groups is 2. The van der Waals surface area contributed by atoms with E-state index >= 15 is 0 Å². The minimum Gasteiger partial charge on any atom is -0.449 e. The van der Waals surface area contributed by atoms with E-state index in [4.69, 9.17) is 16.3 Å². The van der Waals surface area contributed by atoms with Crippen LogP contribution >= 0.6 is 23.4 Å². The fourth-order valence-corrected chi connectivity index (χ4v) is 5.47. The Morgan fingerprint density at radius 1 is 1.07 bits per heavy atom. The minimum absolute atomic E-state index is 0.153. The summed E-state index contributed by atoms with van der Waals surface area (Å²) < 4.78 is 5.38. The van der Waals surface area contributed by atoms with Crippen molar-refractivity contribution in [3.05, 3.63) is 64.7 Å². The van der Waals surface area contributed by atoms with Crippen LogP contribution in [0.2, 0.25) is 5.02 Å². The van der Waals surface area contributed by atoms with Crippen LogP contribution in [0.25, 0.3) is 0 Å². The van der Waals surface area contributed by atoms with Gasteiger partial charge in [0.15, 0.2) is 5.60 Å². The van der Waals surface area contributed by atoms with Crippen molar-refractivity contribution in [1.82, 2.24) is 4.90 Å². The molecule has 0 aromatic heterocycles. The normalized spacial score (nSPS) is 24.8. The fourth-order valence-electron chi connectivity index (χ4n) is 4.09. The monoisotopic (exact) mass is 399 g/mol. The SMILES string of the molecule is O=C1O[C@]2(CCN(C(=O)C3(Sc4ccc(Cl)cc4)CC3)C2)c2ccccc21. The summed E-state index contributed by atoms with van der Waals surface area (Å²) in [5.41, 5.74) is 0.869. The van der Waals surface area contributed by atoms with Gasteiger partial charge in [0, 0.05) is 28.4 Å². The summed E-state index contributed by atoms with van der Waals surface area (Å²) in [7, 11) is 0. The lowest BCUT2D eigenvalue weighted by atomic mass is 9.91. The molecule has 1 spiro atoms. The van der Waals surface area contributed by atoms with E-state index in [0.29, 0.717) is 30.1 Å². The number of fused-ring (bicyclic) bond motifs is 2. The number of hydrogen-bond acceptors (Lipinski definition) is 4. The molecule has 0 radical (unpaired) electrons. The zero-order valence-electron chi connectivity index (χ0n) is 14.6. The highest BCUT2D eigenvalue weighted by atomic mass is 35.5. The molecule has 0 unspecified atom stereocenters. The predicted molar refractivity (Wildman–Crippen MR) is 104 cm³/mol. The second-order valence-electron chi connectivity index (χ2n) is 7.46. The smallest absolute Gasteiger partial charge is 0.339 e.